The minimum absolute atomic E-state index is 0.259. The molecule has 2 N–H and O–H groups in total. The van der Waals surface area contributed by atoms with E-state index in [1.165, 1.54) is 32.1 Å². The molecule has 0 aromatic rings. The first-order valence-corrected chi connectivity index (χ1v) is 9.36. The second kappa shape index (κ2) is 12.3. The molecule has 1 rings (SSSR count). The molecule has 0 unspecified atom stereocenters. The number of allylic oxidation sites excluding steroid dienone is 3. The maximum Gasteiger partial charge on any atom is 0.303 e. The summed E-state index contributed by atoms with van der Waals surface area (Å²) in [6.07, 6.45) is 19.4. The van der Waals surface area contributed by atoms with Gasteiger partial charge in [0.1, 0.15) is 0 Å². The Kier molecular flexibility index (Phi) is 10.7. The second-order valence-electron chi connectivity index (χ2n) is 6.80. The minimum Gasteiger partial charge on any atom is -0.481 e. The van der Waals surface area contributed by atoms with E-state index in [0.29, 0.717) is 11.8 Å². The Balaban J connectivity index is 2.24. The first-order chi connectivity index (χ1) is 11.1. The first-order valence-electron chi connectivity index (χ1n) is 9.36. The van der Waals surface area contributed by atoms with Crippen LogP contribution in [0.2, 0.25) is 0 Å². The average molecular weight is 322 g/mol. The van der Waals surface area contributed by atoms with Crippen LogP contribution >= 0.6 is 0 Å². The third-order valence-corrected chi connectivity index (χ3v) is 4.77. The Morgan fingerprint density at radius 1 is 1.22 bits per heavy atom. The standard InChI is InChI=1S/C20H34O3/c1-2-3-6-13-19(21)16-15-18-12-9-11-17(18)10-7-4-5-8-14-20(22)23/h4,7,15-19,21H,2-3,5-6,8-14H2,1H3,(H,22,23)/t17-,18+,19-/m0/s1. The van der Waals surface area contributed by atoms with Gasteiger partial charge < -0.3 is 10.2 Å². The molecule has 3 atom stereocenters. The van der Waals surface area contributed by atoms with Crippen LogP contribution in [0.15, 0.2) is 24.3 Å². The molecular formula is C20H34O3. The Bertz CT molecular complexity index is 373. The molecule has 1 aliphatic rings. The number of carbonyl (C=O) groups is 1. The zero-order valence-electron chi connectivity index (χ0n) is 14.6. The maximum absolute atomic E-state index is 10.4. The highest BCUT2D eigenvalue weighted by atomic mass is 16.4. The Hall–Kier alpha value is -1.09. The van der Waals surface area contributed by atoms with E-state index in [4.69, 9.17) is 5.11 Å². The molecule has 0 bridgehead atoms. The van der Waals surface area contributed by atoms with Crippen molar-refractivity contribution in [3.05, 3.63) is 24.3 Å². The number of unbranched alkanes of at least 4 members (excludes halogenated alkanes) is 3. The van der Waals surface area contributed by atoms with Gasteiger partial charge in [0.2, 0.25) is 0 Å². The lowest BCUT2D eigenvalue weighted by molar-refractivity contribution is -0.137. The summed E-state index contributed by atoms with van der Waals surface area (Å²) in [6.45, 7) is 2.18. The van der Waals surface area contributed by atoms with Crippen LogP contribution in [-0.2, 0) is 4.79 Å². The smallest absolute Gasteiger partial charge is 0.303 e. The van der Waals surface area contributed by atoms with Crippen LogP contribution in [0.5, 0.6) is 0 Å². The van der Waals surface area contributed by atoms with Crippen molar-refractivity contribution in [1.29, 1.82) is 0 Å². The number of rotatable bonds is 12. The highest BCUT2D eigenvalue weighted by Crippen LogP contribution is 2.35. The monoisotopic (exact) mass is 322 g/mol. The zero-order valence-corrected chi connectivity index (χ0v) is 14.6. The number of hydrogen-bond donors (Lipinski definition) is 2. The number of hydrogen-bond acceptors (Lipinski definition) is 2. The van der Waals surface area contributed by atoms with Crippen molar-refractivity contribution >= 4 is 5.97 Å². The van der Waals surface area contributed by atoms with Crippen molar-refractivity contribution in [2.24, 2.45) is 11.8 Å². The van der Waals surface area contributed by atoms with Gasteiger partial charge in [-0.15, -0.1) is 0 Å². The van der Waals surface area contributed by atoms with Gasteiger partial charge in [-0.1, -0.05) is 56.9 Å². The Morgan fingerprint density at radius 3 is 2.78 bits per heavy atom. The fourth-order valence-corrected chi connectivity index (χ4v) is 3.34. The van der Waals surface area contributed by atoms with Gasteiger partial charge in [0.15, 0.2) is 0 Å². The van der Waals surface area contributed by atoms with Crippen LogP contribution in [-0.4, -0.2) is 22.3 Å². The molecule has 0 saturated heterocycles. The van der Waals surface area contributed by atoms with Crippen LogP contribution in [0.25, 0.3) is 0 Å². The van der Waals surface area contributed by atoms with Crippen molar-refractivity contribution in [2.45, 2.75) is 83.7 Å². The van der Waals surface area contributed by atoms with Crippen LogP contribution < -0.4 is 0 Å². The summed E-state index contributed by atoms with van der Waals surface area (Å²) < 4.78 is 0. The van der Waals surface area contributed by atoms with Crippen molar-refractivity contribution in [3.8, 4) is 0 Å². The quantitative estimate of drug-likeness (QED) is 0.388. The van der Waals surface area contributed by atoms with Gasteiger partial charge in [-0.05, 0) is 50.4 Å². The topological polar surface area (TPSA) is 57.5 Å². The van der Waals surface area contributed by atoms with Gasteiger partial charge >= 0.3 is 5.97 Å². The SMILES string of the molecule is CCCCC[C@H](O)C=C[C@H]1CCC[C@@H]1CC=CCCCC(=O)O. The van der Waals surface area contributed by atoms with Gasteiger partial charge in [-0.25, -0.2) is 0 Å². The summed E-state index contributed by atoms with van der Waals surface area (Å²) >= 11 is 0. The number of carboxylic acid groups (broad SMARTS) is 1. The fourth-order valence-electron chi connectivity index (χ4n) is 3.34. The Morgan fingerprint density at radius 2 is 2.04 bits per heavy atom. The lowest BCUT2D eigenvalue weighted by Gasteiger charge is -2.15. The lowest BCUT2D eigenvalue weighted by atomic mass is 9.91. The molecule has 1 aliphatic carbocycles. The molecule has 0 heterocycles. The number of aliphatic hydroxyl groups excluding tert-OH is 1. The van der Waals surface area contributed by atoms with Gasteiger partial charge in [0.05, 0.1) is 6.10 Å². The van der Waals surface area contributed by atoms with E-state index in [2.05, 4.69) is 25.2 Å². The van der Waals surface area contributed by atoms with Crippen LogP contribution in [0.3, 0.4) is 0 Å². The third-order valence-electron chi connectivity index (χ3n) is 4.77. The summed E-state index contributed by atoms with van der Waals surface area (Å²) in [5.41, 5.74) is 0. The molecule has 3 nitrogen and oxygen atoms in total. The highest BCUT2D eigenvalue weighted by molar-refractivity contribution is 5.66. The molecule has 1 fully saturated rings. The number of carboxylic acids is 1. The molecule has 0 amide bonds. The van der Waals surface area contributed by atoms with Crippen LogP contribution in [0.4, 0.5) is 0 Å². The average Bonchev–Trinajstić information content (AvgIpc) is 2.96. The van der Waals surface area contributed by atoms with E-state index < -0.39 is 5.97 Å². The molecule has 23 heavy (non-hydrogen) atoms. The summed E-state index contributed by atoms with van der Waals surface area (Å²) in [6, 6.07) is 0. The van der Waals surface area contributed by atoms with Gasteiger partial charge in [0.25, 0.3) is 0 Å². The second-order valence-corrected chi connectivity index (χ2v) is 6.80. The van der Waals surface area contributed by atoms with Crippen LogP contribution in [0, 0.1) is 11.8 Å². The molecule has 0 aromatic heterocycles. The molecule has 0 aromatic carbocycles. The van der Waals surface area contributed by atoms with Gasteiger partial charge in [-0.2, -0.15) is 0 Å². The minimum atomic E-state index is -0.711. The molecular weight excluding hydrogens is 288 g/mol. The molecule has 3 heteroatoms. The van der Waals surface area contributed by atoms with E-state index in [0.717, 1.165) is 32.1 Å². The summed E-state index contributed by atoms with van der Waals surface area (Å²) in [5.74, 6) is 0.571. The van der Waals surface area contributed by atoms with E-state index in [1.54, 1.807) is 0 Å². The van der Waals surface area contributed by atoms with E-state index >= 15 is 0 Å². The van der Waals surface area contributed by atoms with E-state index in [1.807, 2.05) is 6.08 Å². The molecule has 132 valence electrons. The zero-order chi connectivity index (χ0) is 16.9. The van der Waals surface area contributed by atoms with E-state index in [9.17, 15) is 9.90 Å². The molecule has 0 radical (unpaired) electrons. The molecule has 0 aliphatic heterocycles. The number of aliphatic hydroxyl groups is 1. The first kappa shape index (κ1) is 20.0. The van der Waals surface area contributed by atoms with Gasteiger partial charge in [0, 0.05) is 6.42 Å². The predicted molar refractivity (Wildman–Crippen MR) is 95.4 cm³/mol. The summed E-state index contributed by atoms with van der Waals surface area (Å²) in [7, 11) is 0. The van der Waals surface area contributed by atoms with E-state index in [-0.39, 0.29) is 12.5 Å². The predicted octanol–water partition coefficient (Wildman–Crippen LogP) is 5.10. The third kappa shape index (κ3) is 9.60. The van der Waals surface area contributed by atoms with Crippen LogP contribution in [0.1, 0.15) is 77.6 Å². The largest absolute Gasteiger partial charge is 0.481 e. The van der Waals surface area contributed by atoms with Crippen molar-refractivity contribution in [3.63, 3.8) is 0 Å². The summed E-state index contributed by atoms with van der Waals surface area (Å²) in [5, 5.41) is 18.6. The van der Waals surface area contributed by atoms with Crippen molar-refractivity contribution in [2.75, 3.05) is 0 Å². The van der Waals surface area contributed by atoms with Crippen molar-refractivity contribution < 1.29 is 15.0 Å². The lowest BCUT2D eigenvalue weighted by Crippen LogP contribution is -2.07. The normalized spacial score (nSPS) is 23.0. The van der Waals surface area contributed by atoms with Crippen molar-refractivity contribution in [1.82, 2.24) is 0 Å². The summed E-state index contributed by atoms with van der Waals surface area (Å²) in [4.78, 5) is 10.4. The maximum atomic E-state index is 10.4. The van der Waals surface area contributed by atoms with Gasteiger partial charge in [-0.3, -0.25) is 4.79 Å². The molecule has 1 saturated carbocycles. The number of aliphatic carboxylic acids is 1. The Labute approximate surface area is 141 Å². The highest BCUT2D eigenvalue weighted by Gasteiger charge is 2.23. The molecule has 0 spiro atoms. The fraction of sp³-hybridized carbons (Fsp3) is 0.750.